The van der Waals surface area contributed by atoms with Gasteiger partial charge in [0.25, 0.3) is 0 Å². The summed E-state index contributed by atoms with van der Waals surface area (Å²) in [6, 6.07) is 4.51. The quantitative estimate of drug-likeness (QED) is 0.818. The second-order valence-electron chi connectivity index (χ2n) is 2.83. The third-order valence-corrected chi connectivity index (χ3v) is 2.78. The van der Waals surface area contributed by atoms with E-state index in [0.29, 0.717) is 10.2 Å². The molecule has 0 unspecified atom stereocenters. The van der Waals surface area contributed by atoms with Crippen LogP contribution in [-0.2, 0) is 0 Å². The zero-order chi connectivity index (χ0) is 11.0. The van der Waals surface area contributed by atoms with Gasteiger partial charge in [-0.2, -0.15) is 0 Å². The molecule has 2 rings (SSSR count). The predicted molar refractivity (Wildman–Crippen MR) is 59.0 cm³/mol. The van der Waals surface area contributed by atoms with Crippen LogP contribution in [-0.4, -0.2) is 5.16 Å². The van der Waals surface area contributed by atoms with Crippen molar-refractivity contribution in [1.29, 1.82) is 0 Å². The summed E-state index contributed by atoms with van der Waals surface area (Å²) < 4.78 is 18.9. The van der Waals surface area contributed by atoms with Gasteiger partial charge in [0, 0.05) is 10.5 Å². The Morgan fingerprint density at radius 3 is 2.80 bits per heavy atom. The Labute approximate surface area is 98.1 Å². The maximum Gasteiger partial charge on any atom is 0.222 e. The molecule has 0 aliphatic carbocycles. The molecule has 2 aromatic rings. The van der Waals surface area contributed by atoms with Gasteiger partial charge < -0.3 is 10.3 Å². The van der Waals surface area contributed by atoms with E-state index in [2.05, 4.69) is 25.6 Å². The van der Waals surface area contributed by atoms with Crippen molar-refractivity contribution < 1.29 is 8.91 Å². The first-order valence-electron chi connectivity index (χ1n) is 3.95. The molecule has 0 spiro atoms. The number of aromatic nitrogens is 1. The Morgan fingerprint density at radius 2 is 2.20 bits per heavy atom. The van der Waals surface area contributed by atoms with Gasteiger partial charge in [-0.25, -0.2) is 4.39 Å². The monoisotopic (exact) mass is 290 g/mol. The van der Waals surface area contributed by atoms with Gasteiger partial charge in [0.2, 0.25) is 5.88 Å². The molecule has 0 aliphatic rings. The lowest BCUT2D eigenvalue weighted by molar-refractivity contribution is 0.438. The molecular weight excluding hydrogens is 286 g/mol. The highest BCUT2D eigenvalue weighted by atomic mass is 79.9. The molecule has 15 heavy (non-hydrogen) atoms. The van der Waals surface area contributed by atoms with Crippen molar-refractivity contribution in [3.05, 3.63) is 33.5 Å². The van der Waals surface area contributed by atoms with Crippen molar-refractivity contribution in [3.63, 3.8) is 0 Å². The van der Waals surface area contributed by atoms with Crippen LogP contribution in [0, 0.1) is 5.82 Å². The first-order valence-corrected chi connectivity index (χ1v) is 5.12. The number of hydrogen-bond donors (Lipinski definition) is 1. The van der Waals surface area contributed by atoms with Crippen LogP contribution in [0.5, 0.6) is 0 Å². The van der Waals surface area contributed by atoms with Crippen molar-refractivity contribution in [2.45, 2.75) is 0 Å². The predicted octanol–water partition coefficient (Wildman–Crippen LogP) is 3.48. The standard InChI is InChI=1S/C9H5BrClFN2O/c10-4-1-2-5(11)9(12)8(4)6-3-7(13)15-14-6/h1-3H,13H2. The Kier molecular flexibility index (Phi) is 2.67. The Bertz CT molecular complexity index is 515. The molecule has 0 saturated heterocycles. The Hall–Kier alpha value is -1.07. The summed E-state index contributed by atoms with van der Waals surface area (Å²) in [6.45, 7) is 0. The summed E-state index contributed by atoms with van der Waals surface area (Å²) in [4.78, 5) is 0. The molecule has 3 nitrogen and oxygen atoms in total. The molecule has 6 heteroatoms. The number of halogens is 3. The van der Waals surface area contributed by atoms with Crippen molar-refractivity contribution in [1.82, 2.24) is 5.16 Å². The normalized spacial score (nSPS) is 10.6. The average molecular weight is 292 g/mol. The number of nitrogen functional groups attached to an aromatic ring is 1. The molecule has 0 amide bonds. The van der Waals surface area contributed by atoms with E-state index in [1.54, 1.807) is 6.07 Å². The van der Waals surface area contributed by atoms with Crippen LogP contribution in [0.4, 0.5) is 10.3 Å². The van der Waals surface area contributed by atoms with E-state index in [-0.39, 0.29) is 16.5 Å². The van der Waals surface area contributed by atoms with E-state index in [0.717, 1.165) is 0 Å². The minimum Gasteiger partial charge on any atom is -0.368 e. The number of rotatable bonds is 1. The second-order valence-corrected chi connectivity index (χ2v) is 4.09. The van der Waals surface area contributed by atoms with Gasteiger partial charge in [-0.3, -0.25) is 0 Å². The fourth-order valence-electron chi connectivity index (χ4n) is 1.17. The van der Waals surface area contributed by atoms with Gasteiger partial charge in [0.15, 0.2) is 5.82 Å². The Balaban J connectivity index is 2.66. The SMILES string of the molecule is Nc1cc(-c2c(Br)ccc(Cl)c2F)no1. The molecule has 2 N–H and O–H groups in total. The van der Waals surface area contributed by atoms with Crippen LogP contribution in [0.15, 0.2) is 27.2 Å². The summed E-state index contributed by atoms with van der Waals surface area (Å²) in [5.41, 5.74) is 5.90. The van der Waals surface area contributed by atoms with Crippen LogP contribution in [0.25, 0.3) is 11.3 Å². The first kappa shape index (κ1) is 10.4. The lowest BCUT2D eigenvalue weighted by Crippen LogP contribution is -1.87. The highest BCUT2D eigenvalue weighted by Crippen LogP contribution is 2.34. The number of nitrogens with zero attached hydrogens (tertiary/aromatic N) is 1. The lowest BCUT2D eigenvalue weighted by Gasteiger charge is -2.03. The van der Waals surface area contributed by atoms with Crippen LogP contribution in [0.2, 0.25) is 5.02 Å². The molecule has 0 fully saturated rings. The molecule has 0 radical (unpaired) electrons. The molecule has 78 valence electrons. The summed E-state index contributed by atoms with van der Waals surface area (Å²) in [5, 5.41) is 3.64. The van der Waals surface area contributed by atoms with Crippen LogP contribution < -0.4 is 5.73 Å². The molecule has 1 aromatic carbocycles. The largest absolute Gasteiger partial charge is 0.368 e. The van der Waals surface area contributed by atoms with Crippen molar-refractivity contribution in [2.24, 2.45) is 0 Å². The van der Waals surface area contributed by atoms with E-state index in [4.69, 9.17) is 17.3 Å². The van der Waals surface area contributed by atoms with Gasteiger partial charge in [-0.05, 0) is 28.1 Å². The summed E-state index contributed by atoms with van der Waals surface area (Å²) in [6.07, 6.45) is 0. The second kappa shape index (κ2) is 3.83. The Morgan fingerprint density at radius 1 is 1.47 bits per heavy atom. The van der Waals surface area contributed by atoms with Crippen LogP contribution >= 0.6 is 27.5 Å². The van der Waals surface area contributed by atoms with Crippen molar-refractivity contribution in [2.75, 3.05) is 5.73 Å². The maximum absolute atomic E-state index is 13.7. The highest BCUT2D eigenvalue weighted by molar-refractivity contribution is 9.10. The van der Waals surface area contributed by atoms with E-state index >= 15 is 0 Å². The van der Waals surface area contributed by atoms with Gasteiger partial charge in [-0.15, -0.1) is 0 Å². The number of nitrogens with two attached hydrogens (primary N) is 1. The highest BCUT2D eigenvalue weighted by Gasteiger charge is 2.16. The zero-order valence-electron chi connectivity index (χ0n) is 7.30. The van der Waals surface area contributed by atoms with Crippen LogP contribution in [0.3, 0.4) is 0 Å². The average Bonchev–Trinajstić information content (AvgIpc) is 2.59. The minimum atomic E-state index is -0.556. The smallest absolute Gasteiger partial charge is 0.222 e. The van der Waals surface area contributed by atoms with Gasteiger partial charge in [0.05, 0.1) is 10.6 Å². The summed E-state index contributed by atoms with van der Waals surface area (Å²) in [5.74, 6) is -0.435. The number of benzene rings is 1. The number of hydrogen-bond acceptors (Lipinski definition) is 3. The summed E-state index contributed by atoms with van der Waals surface area (Å²) in [7, 11) is 0. The maximum atomic E-state index is 13.7. The van der Waals surface area contributed by atoms with Crippen LogP contribution in [0.1, 0.15) is 0 Å². The van der Waals surface area contributed by atoms with E-state index < -0.39 is 5.82 Å². The lowest BCUT2D eigenvalue weighted by atomic mass is 10.1. The van der Waals surface area contributed by atoms with Gasteiger partial charge in [-0.1, -0.05) is 16.8 Å². The van der Waals surface area contributed by atoms with Gasteiger partial charge in [0.1, 0.15) is 5.69 Å². The van der Waals surface area contributed by atoms with E-state index in [1.165, 1.54) is 12.1 Å². The molecule has 0 bridgehead atoms. The third kappa shape index (κ3) is 1.85. The van der Waals surface area contributed by atoms with Crippen molar-refractivity contribution >= 4 is 33.4 Å². The molecular formula is C9H5BrClFN2O. The molecule has 1 heterocycles. The molecule has 0 aliphatic heterocycles. The third-order valence-electron chi connectivity index (χ3n) is 1.83. The molecule has 1 aromatic heterocycles. The topological polar surface area (TPSA) is 52.0 Å². The molecule has 0 saturated carbocycles. The number of anilines is 1. The summed E-state index contributed by atoms with van der Waals surface area (Å²) >= 11 is 8.86. The zero-order valence-corrected chi connectivity index (χ0v) is 9.64. The minimum absolute atomic E-state index is 0.0229. The van der Waals surface area contributed by atoms with Gasteiger partial charge >= 0.3 is 0 Å². The fraction of sp³-hybridized carbons (Fsp3) is 0. The molecule has 0 atom stereocenters. The van der Waals surface area contributed by atoms with E-state index in [1.807, 2.05) is 0 Å². The van der Waals surface area contributed by atoms with E-state index in [9.17, 15) is 4.39 Å². The first-order chi connectivity index (χ1) is 7.09. The fourth-order valence-corrected chi connectivity index (χ4v) is 1.84. The van der Waals surface area contributed by atoms with Crippen molar-refractivity contribution in [3.8, 4) is 11.3 Å².